The summed E-state index contributed by atoms with van der Waals surface area (Å²) in [6, 6.07) is 63.8. The van der Waals surface area contributed by atoms with Crippen molar-refractivity contribution >= 4 is 71.1 Å². The van der Waals surface area contributed by atoms with Crippen LogP contribution in [0.2, 0.25) is 0 Å². The maximum Gasteiger partial charge on any atom is 0.188 e. The molecule has 8 aromatic carbocycles. The topological polar surface area (TPSA) is 42.9 Å². The van der Waals surface area contributed by atoms with E-state index < -0.39 is 0 Å². The Morgan fingerprint density at radius 3 is 1.47 bits per heavy atom. The molecule has 254 valence electrons. The van der Waals surface area contributed by atoms with Gasteiger partial charge in [-0.05, 0) is 84.2 Å². The fraction of sp³-hybridized carbons (Fsp3) is 0. The summed E-state index contributed by atoms with van der Waals surface area (Å²) in [6.07, 6.45) is 0. The van der Waals surface area contributed by atoms with Crippen molar-refractivity contribution in [3.05, 3.63) is 193 Å². The first-order valence-electron chi connectivity index (χ1n) is 18.3. The minimum absolute atomic E-state index is 0.599. The van der Waals surface area contributed by atoms with Crippen LogP contribution in [-0.2, 0) is 0 Å². The average molecular weight is 700 g/mol. The van der Waals surface area contributed by atoms with E-state index in [0.29, 0.717) is 11.3 Å². The van der Waals surface area contributed by atoms with Crippen molar-refractivity contribution in [1.29, 1.82) is 5.26 Å². The zero-order valence-corrected chi connectivity index (χ0v) is 29.5. The van der Waals surface area contributed by atoms with Gasteiger partial charge >= 0.3 is 0 Å². The molecule has 0 N–H and O–H groups in total. The molecule has 3 aromatic heterocycles. The second-order valence-electron chi connectivity index (χ2n) is 13.9. The largest absolute Gasteiger partial charge is 0.309 e. The van der Waals surface area contributed by atoms with E-state index in [4.69, 9.17) is 6.57 Å². The maximum atomic E-state index is 10.5. The Bertz CT molecular complexity index is 3420. The third-order valence-electron chi connectivity index (χ3n) is 11.1. The van der Waals surface area contributed by atoms with Crippen molar-refractivity contribution in [3.63, 3.8) is 0 Å². The lowest BCUT2D eigenvalue weighted by Gasteiger charge is -2.17. The first kappa shape index (κ1) is 30.7. The molecular weight excluding hydrogens is 671 g/mol. The van der Waals surface area contributed by atoms with Gasteiger partial charge in [-0.25, -0.2) is 4.85 Å². The van der Waals surface area contributed by atoms with Gasteiger partial charge < -0.3 is 13.7 Å². The highest BCUT2D eigenvalue weighted by Crippen LogP contribution is 2.41. The van der Waals surface area contributed by atoms with Crippen LogP contribution in [0.1, 0.15) is 5.56 Å². The van der Waals surface area contributed by atoms with Crippen molar-refractivity contribution < 1.29 is 0 Å². The zero-order valence-electron chi connectivity index (χ0n) is 29.5. The van der Waals surface area contributed by atoms with Gasteiger partial charge in [0.2, 0.25) is 0 Å². The summed E-state index contributed by atoms with van der Waals surface area (Å²) in [6.45, 7) is 7.63. The molecule has 0 fully saturated rings. The molecule has 0 aliphatic heterocycles. The summed E-state index contributed by atoms with van der Waals surface area (Å²) in [5.41, 5.74) is 12.7. The third-order valence-corrected chi connectivity index (χ3v) is 11.1. The monoisotopic (exact) mass is 699 g/mol. The van der Waals surface area contributed by atoms with Gasteiger partial charge in [0.15, 0.2) is 5.69 Å². The Balaban J connectivity index is 1.14. The molecule has 0 amide bonds. The minimum atomic E-state index is 0.599. The second kappa shape index (κ2) is 11.8. The lowest BCUT2D eigenvalue weighted by Crippen LogP contribution is -2.00. The van der Waals surface area contributed by atoms with Crippen LogP contribution in [-0.4, -0.2) is 13.7 Å². The molecule has 55 heavy (non-hydrogen) atoms. The molecule has 0 aliphatic rings. The summed E-state index contributed by atoms with van der Waals surface area (Å²) in [5.74, 6) is 0. The highest BCUT2D eigenvalue weighted by molar-refractivity contribution is 6.13. The van der Waals surface area contributed by atoms with Gasteiger partial charge in [-0.3, -0.25) is 0 Å². The number of fused-ring (bicyclic) bond motifs is 9. The Labute approximate surface area is 316 Å². The molecule has 5 heteroatoms. The summed E-state index contributed by atoms with van der Waals surface area (Å²) >= 11 is 0. The van der Waals surface area contributed by atoms with E-state index in [-0.39, 0.29) is 0 Å². The summed E-state index contributed by atoms with van der Waals surface area (Å²) in [7, 11) is 0. The van der Waals surface area contributed by atoms with E-state index >= 15 is 0 Å². The van der Waals surface area contributed by atoms with Crippen molar-refractivity contribution in [2.75, 3.05) is 0 Å². The molecule has 11 aromatic rings. The van der Waals surface area contributed by atoms with Gasteiger partial charge in [-0.1, -0.05) is 97.1 Å². The van der Waals surface area contributed by atoms with E-state index in [1.807, 2.05) is 48.5 Å². The zero-order chi connectivity index (χ0) is 36.6. The number of para-hydroxylation sites is 5. The highest BCUT2D eigenvalue weighted by atomic mass is 15.0. The lowest BCUT2D eigenvalue weighted by molar-refractivity contribution is 1.16. The third kappa shape index (κ3) is 4.45. The van der Waals surface area contributed by atoms with E-state index in [1.165, 1.54) is 21.8 Å². The fourth-order valence-corrected chi connectivity index (χ4v) is 8.76. The van der Waals surface area contributed by atoms with Gasteiger partial charge in [0, 0.05) is 49.4 Å². The molecule has 0 atom stereocenters. The highest BCUT2D eigenvalue weighted by Gasteiger charge is 2.20. The van der Waals surface area contributed by atoms with Crippen molar-refractivity contribution in [1.82, 2.24) is 13.7 Å². The van der Waals surface area contributed by atoms with Gasteiger partial charge in [-0.2, -0.15) is 5.26 Å². The Hall–Kier alpha value is -7.86. The number of rotatable bonds is 4. The summed E-state index contributed by atoms with van der Waals surface area (Å²) in [4.78, 5) is 3.71. The molecule has 0 radical (unpaired) electrons. The minimum Gasteiger partial charge on any atom is -0.309 e. The van der Waals surface area contributed by atoms with Crippen molar-refractivity contribution in [3.8, 4) is 34.3 Å². The van der Waals surface area contributed by atoms with Crippen LogP contribution in [0.15, 0.2) is 176 Å². The van der Waals surface area contributed by atoms with E-state index in [9.17, 15) is 5.26 Å². The van der Waals surface area contributed by atoms with Gasteiger partial charge in [0.05, 0.1) is 57.0 Å². The quantitative estimate of drug-likeness (QED) is 0.169. The number of benzene rings is 8. The lowest BCUT2D eigenvalue weighted by atomic mass is 9.97. The van der Waals surface area contributed by atoms with E-state index in [2.05, 4.69) is 152 Å². The van der Waals surface area contributed by atoms with Crippen LogP contribution in [0.4, 0.5) is 5.69 Å². The SMILES string of the molecule is [C-]#[N+]c1ccc2c(c1)c1ccccc1n2-c1ccc(C#N)c(-c2ccccc2-n2c3ccccc3c3cc(-n4c5ccccc5c5ccccc54)ccc32)c1. The van der Waals surface area contributed by atoms with Gasteiger partial charge in [0.1, 0.15) is 0 Å². The van der Waals surface area contributed by atoms with Crippen LogP contribution in [0, 0.1) is 17.9 Å². The normalized spacial score (nSPS) is 11.6. The molecule has 0 unspecified atom stereocenters. The molecule has 0 saturated heterocycles. The first-order valence-corrected chi connectivity index (χ1v) is 18.3. The number of hydrogen-bond acceptors (Lipinski definition) is 1. The molecule has 3 heterocycles. The predicted octanol–water partition coefficient (Wildman–Crippen LogP) is 13.1. The number of nitriles is 1. The second-order valence-corrected chi connectivity index (χ2v) is 13.9. The standard InChI is InChI=1S/C50H29N5/c1-52-33-23-26-49-42(28-33)39-15-5-9-19-46(39)54(49)34-24-22-32(31-51)41(29-34)38-14-4-10-20-47(38)55-48-21-11-6-16-40(48)43-30-35(25-27-50(43)55)53-44-17-7-2-12-36(44)37-13-3-8-18-45(37)53/h2-30H. The Morgan fingerprint density at radius 2 is 0.855 bits per heavy atom. The molecule has 0 saturated carbocycles. The van der Waals surface area contributed by atoms with Crippen LogP contribution >= 0.6 is 0 Å². The van der Waals surface area contributed by atoms with Crippen LogP contribution in [0.25, 0.3) is 98.5 Å². The van der Waals surface area contributed by atoms with Gasteiger partial charge in [-0.15, -0.1) is 0 Å². The first-order chi connectivity index (χ1) is 27.2. The average Bonchev–Trinajstić information content (AvgIpc) is 3.88. The molecule has 0 aliphatic carbocycles. The molecule has 11 rings (SSSR count). The Kier molecular flexibility index (Phi) is 6.61. The van der Waals surface area contributed by atoms with E-state index in [1.54, 1.807) is 0 Å². The Morgan fingerprint density at radius 1 is 0.400 bits per heavy atom. The maximum absolute atomic E-state index is 10.5. The predicted molar refractivity (Wildman–Crippen MR) is 226 cm³/mol. The smallest absolute Gasteiger partial charge is 0.188 e. The van der Waals surface area contributed by atoms with E-state index in [0.717, 1.165) is 71.8 Å². The number of hydrogen-bond donors (Lipinski definition) is 0. The van der Waals surface area contributed by atoms with Crippen molar-refractivity contribution in [2.24, 2.45) is 0 Å². The van der Waals surface area contributed by atoms with Crippen LogP contribution in [0.5, 0.6) is 0 Å². The van der Waals surface area contributed by atoms with Crippen LogP contribution in [0.3, 0.4) is 0 Å². The van der Waals surface area contributed by atoms with Crippen molar-refractivity contribution in [2.45, 2.75) is 0 Å². The number of aromatic nitrogens is 3. The summed E-state index contributed by atoms with van der Waals surface area (Å²) < 4.78 is 6.95. The number of nitrogens with zero attached hydrogens (tertiary/aromatic N) is 5. The molecule has 0 bridgehead atoms. The summed E-state index contributed by atoms with van der Waals surface area (Å²) in [5, 5.41) is 17.4. The fourth-order valence-electron chi connectivity index (χ4n) is 8.76. The van der Waals surface area contributed by atoms with Crippen LogP contribution < -0.4 is 0 Å². The van der Waals surface area contributed by atoms with Gasteiger partial charge in [0.25, 0.3) is 0 Å². The molecule has 0 spiro atoms. The molecule has 5 nitrogen and oxygen atoms in total. The molecular formula is C50H29N5.